The van der Waals surface area contributed by atoms with Crippen LogP contribution in [0.2, 0.25) is 0 Å². The summed E-state index contributed by atoms with van der Waals surface area (Å²) >= 11 is 1.80. The molecule has 4 nitrogen and oxygen atoms in total. The summed E-state index contributed by atoms with van der Waals surface area (Å²) in [4.78, 5) is 12.3. The molecular formula is C21H25NO3S. The van der Waals surface area contributed by atoms with E-state index >= 15 is 0 Å². The van der Waals surface area contributed by atoms with Crippen LogP contribution in [0, 0.1) is 6.92 Å². The van der Waals surface area contributed by atoms with E-state index in [1.807, 2.05) is 0 Å². The van der Waals surface area contributed by atoms with Gasteiger partial charge in [-0.3, -0.25) is 4.79 Å². The summed E-state index contributed by atoms with van der Waals surface area (Å²) in [5.74, 6) is 2.82. The summed E-state index contributed by atoms with van der Waals surface area (Å²) in [6, 6.07) is 13.7. The van der Waals surface area contributed by atoms with Gasteiger partial charge in [-0.2, -0.15) is 11.8 Å². The number of methoxy groups -OCH3 is 1. The number of aryl methyl sites for hydroxylation is 1. The van der Waals surface area contributed by atoms with Gasteiger partial charge in [0.2, 0.25) is 0 Å². The van der Waals surface area contributed by atoms with Crippen LogP contribution in [0.4, 0.5) is 0 Å². The molecule has 26 heavy (non-hydrogen) atoms. The number of rotatable bonds is 10. The summed E-state index contributed by atoms with van der Waals surface area (Å²) in [7, 11) is 1.56. The standard InChI is InChI=1S/C21H25NO3S/c1-4-12-25-19-10-9-18(14-20(19)24-3)21(23)22-11-13-26-15-17-7-5-16(2)6-8-17/h4-10,14H,1,11-13,15H2,2-3H3,(H,22,23). The molecule has 0 aliphatic carbocycles. The maximum atomic E-state index is 12.3. The van der Waals surface area contributed by atoms with E-state index in [2.05, 4.69) is 43.1 Å². The maximum absolute atomic E-state index is 12.3. The van der Waals surface area contributed by atoms with Crippen molar-refractivity contribution in [3.63, 3.8) is 0 Å². The van der Waals surface area contributed by atoms with Crippen molar-refractivity contribution in [3.8, 4) is 11.5 Å². The zero-order chi connectivity index (χ0) is 18.8. The molecule has 138 valence electrons. The van der Waals surface area contributed by atoms with E-state index in [1.54, 1.807) is 43.1 Å². The van der Waals surface area contributed by atoms with Crippen LogP contribution >= 0.6 is 11.8 Å². The van der Waals surface area contributed by atoms with Gasteiger partial charge in [0.15, 0.2) is 11.5 Å². The number of ether oxygens (including phenoxy) is 2. The number of carbonyl (C=O) groups excluding carboxylic acids is 1. The second-order valence-electron chi connectivity index (χ2n) is 5.76. The van der Waals surface area contributed by atoms with Gasteiger partial charge in [0, 0.05) is 23.6 Å². The normalized spacial score (nSPS) is 10.2. The second kappa shape index (κ2) is 10.6. The first-order valence-electron chi connectivity index (χ1n) is 8.47. The average molecular weight is 372 g/mol. The lowest BCUT2D eigenvalue weighted by atomic mass is 10.2. The number of hydrogen-bond donors (Lipinski definition) is 1. The summed E-state index contributed by atoms with van der Waals surface area (Å²) in [6.45, 7) is 6.71. The monoisotopic (exact) mass is 371 g/mol. The molecule has 1 N–H and O–H groups in total. The van der Waals surface area contributed by atoms with Crippen molar-refractivity contribution in [1.82, 2.24) is 5.32 Å². The van der Waals surface area contributed by atoms with Crippen LogP contribution in [0.25, 0.3) is 0 Å². The van der Waals surface area contributed by atoms with Gasteiger partial charge in [0.05, 0.1) is 7.11 Å². The van der Waals surface area contributed by atoms with E-state index in [1.165, 1.54) is 11.1 Å². The van der Waals surface area contributed by atoms with Crippen LogP contribution in [0.3, 0.4) is 0 Å². The van der Waals surface area contributed by atoms with E-state index in [0.29, 0.717) is 30.2 Å². The quantitative estimate of drug-likeness (QED) is 0.501. The van der Waals surface area contributed by atoms with Crippen LogP contribution in [0.5, 0.6) is 11.5 Å². The van der Waals surface area contributed by atoms with Gasteiger partial charge in [0.25, 0.3) is 5.91 Å². The highest BCUT2D eigenvalue weighted by molar-refractivity contribution is 7.98. The Kier molecular flexibility index (Phi) is 8.09. The minimum Gasteiger partial charge on any atom is -0.493 e. The third-order valence-electron chi connectivity index (χ3n) is 3.70. The second-order valence-corrected chi connectivity index (χ2v) is 6.86. The summed E-state index contributed by atoms with van der Waals surface area (Å²) in [6.07, 6.45) is 1.66. The van der Waals surface area contributed by atoms with Gasteiger partial charge in [-0.15, -0.1) is 0 Å². The predicted octanol–water partition coefficient (Wildman–Crippen LogP) is 4.23. The summed E-state index contributed by atoms with van der Waals surface area (Å²) in [5, 5.41) is 2.94. The molecule has 0 unspecified atom stereocenters. The molecule has 0 aliphatic rings. The molecular weight excluding hydrogens is 346 g/mol. The van der Waals surface area contributed by atoms with E-state index < -0.39 is 0 Å². The highest BCUT2D eigenvalue weighted by atomic mass is 32.2. The number of benzene rings is 2. The van der Waals surface area contributed by atoms with Gasteiger partial charge in [-0.05, 0) is 30.7 Å². The third-order valence-corrected chi connectivity index (χ3v) is 4.73. The minimum absolute atomic E-state index is 0.116. The van der Waals surface area contributed by atoms with Crippen molar-refractivity contribution >= 4 is 17.7 Å². The van der Waals surface area contributed by atoms with Crippen LogP contribution in [-0.2, 0) is 5.75 Å². The van der Waals surface area contributed by atoms with E-state index in [9.17, 15) is 4.79 Å². The molecule has 0 atom stereocenters. The van der Waals surface area contributed by atoms with E-state index in [4.69, 9.17) is 9.47 Å². The maximum Gasteiger partial charge on any atom is 0.251 e. The van der Waals surface area contributed by atoms with Crippen LogP contribution in [0.1, 0.15) is 21.5 Å². The molecule has 0 heterocycles. The van der Waals surface area contributed by atoms with Gasteiger partial charge >= 0.3 is 0 Å². The Morgan fingerprint density at radius 3 is 2.65 bits per heavy atom. The Labute approximate surface area is 159 Å². The van der Waals surface area contributed by atoms with Crippen molar-refractivity contribution in [3.05, 3.63) is 71.8 Å². The first-order valence-corrected chi connectivity index (χ1v) is 9.62. The first-order chi connectivity index (χ1) is 12.6. The first kappa shape index (κ1) is 19.9. The lowest BCUT2D eigenvalue weighted by Crippen LogP contribution is -2.25. The Morgan fingerprint density at radius 2 is 1.96 bits per heavy atom. The molecule has 2 aromatic rings. The van der Waals surface area contributed by atoms with Crippen molar-refractivity contribution in [1.29, 1.82) is 0 Å². The largest absolute Gasteiger partial charge is 0.493 e. The number of hydrogen-bond acceptors (Lipinski definition) is 4. The zero-order valence-corrected chi connectivity index (χ0v) is 16.1. The van der Waals surface area contributed by atoms with Crippen molar-refractivity contribution in [2.24, 2.45) is 0 Å². The average Bonchev–Trinajstić information content (AvgIpc) is 2.67. The number of amides is 1. The van der Waals surface area contributed by atoms with Crippen LogP contribution in [0.15, 0.2) is 55.1 Å². The molecule has 2 rings (SSSR count). The molecule has 0 aromatic heterocycles. The fourth-order valence-corrected chi connectivity index (χ4v) is 3.11. The number of thioether (sulfide) groups is 1. The zero-order valence-electron chi connectivity index (χ0n) is 15.3. The molecule has 5 heteroatoms. The lowest BCUT2D eigenvalue weighted by molar-refractivity contribution is 0.0955. The summed E-state index contributed by atoms with van der Waals surface area (Å²) < 4.78 is 10.8. The van der Waals surface area contributed by atoms with Crippen molar-refractivity contribution in [2.45, 2.75) is 12.7 Å². The Morgan fingerprint density at radius 1 is 1.19 bits per heavy atom. The van der Waals surface area contributed by atoms with Crippen molar-refractivity contribution in [2.75, 3.05) is 26.0 Å². The fourth-order valence-electron chi connectivity index (χ4n) is 2.29. The molecule has 0 saturated heterocycles. The molecule has 0 aliphatic heterocycles. The Hall–Kier alpha value is -2.40. The fraction of sp³-hybridized carbons (Fsp3) is 0.286. The number of nitrogens with one attached hydrogen (secondary N) is 1. The van der Waals surface area contributed by atoms with E-state index in [-0.39, 0.29) is 5.91 Å². The smallest absolute Gasteiger partial charge is 0.251 e. The highest BCUT2D eigenvalue weighted by Gasteiger charge is 2.10. The molecule has 1 amide bonds. The van der Waals surface area contributed by atoms with Gasteiger partial charge in [-0.1, -0.05) is 42.5 Å². The van der Waals surface area contributed by atoms with Crippen LogP contribution < -0.4 is 14.8 Å². The SMILES string of the molecule is C=CCOc1ccc(C(=O)NCCSCc2ccc(C)cc2)cc1OC. The predicted molar refractivity (Wildman–Crippen MR) is 108 cm³/mol. The summed E-state index contributed by atoms with van der Waals surface area (Å²) in [5.41, 5.74) is 3.12. The van der Waals surface area contributed by atoms with Gasteiger partial charge in [-0.25, -0.2) is 0 Å². The molecule has 0 spiro atoms. The molecule has 2 aromatic carbocycles. The van der Waals surface area contributed by atoms with Gasteiger partial charge < -0.3 is 14.8 Å². The molecule has 0 radical (unpaired) electrons. The Bertz CT molecular complexity index is 729. The third kappa shape index (κ3) is 6.15. The Balaban J connectivity index is 1.78. The molecule has 0 bridgehead atoms. The van der Waals surface area contributed by atoms with E-state index in [0.717, 1.165) is 11.5 Å². The van der Waals surface area contributed by atoms with Crippen LogP contribution in [-0.4, -0.2) is 31.9 Å². The minimum atomic E-state index is -0.116. The number of carbonyl (C=O) groups is 1. The highest BCUT2D eigenvalue weighted by Crippen LogP contribution is 2.28. The topological polar surface area (TPSA) is 47.6 Å². The van der Waals surface area contributed by atoms with Gasteiger partial charge in [0.1, 0.15) is 6.61 Å². The van der Waals surface area contributed by atoms with Crippen molar-refractivity contribution < 1.29 is 14.3 Å². The lowest BCUT2D eigenvalue weighted by Gasteiger charge is -2.11. The molecule has 0 fully saturated rings. The molecule has 0 saturated carbocycles.